The summed E-state index contributed by atoms with van der Waals surface area (Å²) in [4.78, 5) is 24.8. The Morgan fingerprint density at radius 3 is 2.36 bits per heavy atom. The molecule has 0 spiro atoms. The Morgan fingerprint density at radius 1 is 1.04 bits per heavy atom. The quantitative estimate of drug-likeness (QED) is 0.713. The van der Waals surface area contributed by atoms with Gasteiger partial charge in [0.05, 0.1) is 4.90 Å². The smallest absolute Gasteiger partial charge is 0.267 e. The number of benzene rings is 2. The molecule has 0 aliphatic carbocycles. The van der Waals surface area contributed by atoms with Crippen LogP contribution in [-0.4, -0.2) is 42.7 Å². The summed E-state index contributed by atoms with van der Waals surface area (Å²) in [6, 6.07) is 9.47. The average Bonchev–Trinajstić information content (AvgIpc) is 2.79. The van der Waals surface area contributed by atoms with Gasteiger partial charge in [0.1, 0.15) is 12.3 Å². The molecule has 0 saturated carbocycles. The van der Waals surface area contributed by atoms with Crippen molar-refractivity contribution in [3.8, 4) is 5.75 Å². The molecule has 1 heterocycles. The van der Waals surface area contributed by atoms with Crippen molar-refractivity contribution >= 4 is 51.1 Å². The van der Waals surface area contributed by atoms with Gasteiger partial charge in [-0.2, -0.15) is 0 Å². The van der Waals surface area contributed by atoms with Crippen LogP contribution < -0.4 is 5.32 Å². The Bertz CT molecular complexity index is 1080. The summed E-state index contributed by atoms with van der Waals surface area (Å²) in [5.41, 5.74) is 0.191. The minimum atomic E-state index is -4.29. The van der Waals surface area contributed by atoms with Gasteiger partial charge < -0.3 is 10.4 Å². The van der Waals surface area contributed by atoms with Gasteiger partial charge >= 0.3 is 0 Å². The molecular formula is C18H14Cl2N2O5S. The monoisotopic (exact) mass is 440 g/mol. The van der Waals surface area contributed by atoms with Gasteiger partial charge in [-0.3, -0.25) is 9.59 Å². The zero-order valence-electron chi connectivity index (χ0n) is 14.2. The third kappa shape index (κ3) is 4.14. The Balaban J connectivity index is 2.05. The van der Waals surface area contributed by atoms with Crippen molar-refractivity contribution in [2.24, 2.45) is 0 Å². The highest BCUT2D eigenvalue weighted by Crippen LogP contribution is 2.26. The van der Waals surface area contributed by atoms with Crippen LogP contribution in [0.5, 0.6) is 5.75 Å². The normalized spacial score (nSPS) is 16.8. The van der Waals surface area contributed by atoms with Crippen LogP contribution in [0.15, 0.2) is 52.9 Å². The van der Waals surface area contributed by atoms with Gasteiger partial charge in [0.2, 0.25) is 5.91 Å². The predicted octanol–water partition coefficient (Wildman–Crippen LogP) is 2.43. The van der Waals surface area contributed by atoms with E-state index in [4.69, 9.17) is 23.2 Å². The molecule has 28 heavy (non-hydrogen) atoms. The zero-order valence-corrected chi connectivity index (χ0v) is 16.6. The number of carbonyl (C=O) groups is 2. The molecule has 10 heteroatoms. The highest BCUT2D eigenvalue weighted by Gasteiger charge is 2.35. The fourth-order valence-electron chi connectivity index (χ4n) is 2.56. The number of hydrogen-bond donors (Lipinski definition) is 2. The summed E-state index contributed by atoms with van der Waals surface area (Å²) in [5, 5.41) is 13.1. The summed E-state index contributed by atoms with van der Waals surface area (Å²) in [5.74, 6) is -1.66. The van der Waals surface area contributed by atoms with Crippen LogP contribution in [0.2, 0.25) is 10.0 Å². The van der Waals surface area contributed by atoms with Crippen LogP contribution in [0.4, 0.5) is 0 Å². The predicted molar refractivity (Wildman–Crippen MR) is 104 cm³/mol. The number of nitrogens with zero attached hydrogens (tertiary/aromatic N) is 1. The van der Waals surface area contributed by atoms with Crippen molar-refractivity contribution in [3.05, 3.63) is 63.6 Å². The van der Waals surface area contributed by atoms with Crippen LogP contribution in [0.3, 0.4) is 0 Å². The van der Waals surface area contributed by atoms with Gasteiger partial charge in [0.25, 0.3) is 15.9 Å². The Hall–Kier alpha value is -2.55. The van der Waals surface area contributed by atoms with Crippen LogP contribution in [0.1, 0.15) is 5.56 Å². The van der Waals surface area contributed by atoms with Crippen LogP contribution in [0.25, 0.3) is 6.08 Å². The van der Waals surface area contributed by atoms with Gasteiger partial charge in [-0.25, -0.2) is 12.7 Å². The fraction of sp³-hybridized carbons (Fsp3) is 0.111. The third-order valence-electron chi connectivity index (χ3n) is 3.99. The molecule has 1 saturated heterocycles. The maximum absolute atomic E-state index is 12.9. The first-order valence-electron chi connectivity index (χ1n) is 7.97. The molecule has 2 aromatic rings. The molecule has 146 valence electrons. The van der Waals surface area contributed by atoms with E-state index in [9.17, 15) is 23.1 Å². The lowest BCUT2D eigenvalue weighted by Crippen LogP contribution is -2.40. The molecule has 0 atom stereocenters. The number of nitrogens with one attached hydrogen (secondary N) is 1. The summed E-state index contributed by atoms with van der Waals surface area (Å²) in [6.45, 7) is -0.862. The molecule has 2 amide bonds. The molecule has 0 radical (unpaired) electrons. The average molecular weight is 441 g/mol. The Kier molecular flexibility index (Phi) is 5.64. The topological polar surface area (TPSA) is 104 Å². The van der Waals surface area contributed by atoms with Gasteiger partial charge in [-0.15, -0.1) is 0 Å². The maximum atomic E-state index is 12.9. The minimum Gasteiger partial charge on any atom is -0.507 e. The van der Waals surface area contributed by atoms with E-state index in [0.717, 1.165) is 0 Å². The number of phenolic OH excluding ortho intramolecular Hbond substituents is 1. The Morgan fingerprint density at radius 2 is 1.68 bits per heavy atom. The second-order valence-corrected chi connectivity index (χ2v) is 8.66. The highest BCUT2D eigenvalue weighted by molar-refractivity contribution is 7.89. The second-order valence-electron chi connectivity index (χ2n) is 5.92. The van der Waals surface area contributed by atoms with Crippen LogP contribution >= 0.6 is 23.2 Å². The molecule has 2 N–H and O–H groups in total. The summed E-state index contributed by atoms with van der Waals surface area (Å²) >= 11 is 11.7. The molecule has 0 bridgehead atoms. The molecule has 3 rings (SSSR count). The van der Waals surface area contributed by atoms with Crippen LogP contribution in [-0.2, 0) is 19.6 Å². The van der Waals surface area contributed by atoms with E-state index in [1.807, 2.05) is 0 Å². The molecule has 0 unspecified atom stereocenters. The van der Waals surface area contributed by atoms with Crippen molar-refractivity contribution < 1.29 is 23.1 Å². The molecular weight excluding hydrogens is 427 g/mol. The van der Waals surface area contributed by atoms with Crippen molar-refractivity contribution in [3.63, 3.8) is 0 Å². The lowest BCUT2D eigenvalue weighted by atomic mass is 10.1. The van der Waals surface area contributed by atoms with Gasteiger partial charge in [-0.05, 0) is 48.5 Å². The number of amides is 2. The summed E-state index contributed by atoms with van der Waals surface area (Å²) in [7, 11) is -4.29. The summed E-state index contributed by atoms with van der Waals surface area (Å²) in [6.07, 6.45) is 1.29. The lowest BCUT2D eigenvalue weighted by Gasteiger charge is -2.20. The van der Waals surface area contributed by atoms with E-state index >= 15 is 0 Å². The second kappa shape index (κ2) is 7.83. The molecule has 2 aromatic carbocycles. The fourth-order valence-corrected chi connectivity index (χ4v) is 4.22. The number of phenols is 1. The number of carbonyl (C=O) groups excluding carboxylic acids is 2. The molecule has 1 aliphatic heterocycles. The van der Waals surface area contributed by atoms with Crippen LogP contribution in [0, 0.1) is 0 Å². The lowest BCUT2D eigenvalue weighted by molar-refractivity contribution is -0.127. The van der Waals surface area contributed by atoms with E-state index in [-0.39, 0.29) is 28.3 Å². The maximum Gasteiger partial charge on any atom is 0.267 e. The first kappa shape index (κ1) is 20.2. The standard InChI is InChI=1S/C18H14Cl2N2O5S/c19-13-1-4-15(5-2-13)28(26,27)22-10-17(24)21-9-12(18(22)25)7-11-8-14(20)3-6-16(11)23/h1-8,23H,9-10H2,(H,21,24). The van der Waals surface area contributed by atoms with Gasteiger partial charge in [0, 0.05) is 27.7 Å². The van der Waals surface area contributed by atoms with Crippen molar-refractivity contribution in [2.45, 2.75) is 4.90 Å². The number of aromatic hydroxyl groups is 1. The Labute approximate surface area is 171 Å². The first-order valence-corrected chi connectivity index (χ1v) is 10.2. The van der Waals surface area contributed by atoms with E-state index in [1.54, 1.807) is 0 Å². The van der Waals surface area contributed by atoms with Gasteiger partial charge in [0.15, 0.2) is 0 Å². The summed E-state index contributed by atoms with van der Waals surface area (Å²) < 4.78 is 26.3. The minimum absolute atomic E-state index is 0.0269. The largest absolute Gasteiger partial charge is 0.507 e. The van der Waals surface area contributed by atoms with Crippen molar-refractivity contribution in [2.75, 3.05) is 13.1 Å². The molecule has 1 fully saturated rings. The molecule has 0 aromatic heterocycles. The highest BCUT2D eigenvalue weighted by atomic mass is 35.5. The van der Waals surface area contributed by atoms with E-state index in [2.05, 4.69) is 5.32 Å². The number of rotatable bonds is 3. The molecule has 7 nitrogen and oxygen atoms in total. The van der Waals surface area contributed by atoms with E-state index in [1.165, 1.54) is 48.5 Å². The third-order valence-corrected chi connectivity index (χ3v) is 6.22. The van der Waals surface area contributed by atoms with Crippen molar-refractivity contribution in [1.29, 1.82) is 0 Å². The van der Waals surface area contributed by atoms with Gasteiger partial charge in [-0.1, -0.05) is 23.2 Å². The van der Waals surface area contributed by atoms with E-state index < -0.39 is 28.4 Å². The zero-order chi connectivity index (χ0) is 20.5. The number of sulfonamides is 1. The number of hydrogen-bond acceptors (Lipinski definition) is 5. The molecule has 1 aliphatic rings. The van der Waals surface area contributed by atoms with Crippen molar-refractivity contribution in [1.82, 2.24) is 9.62 Å². The van der Waals surface area contributed by atoms with E-state index in [0.29, 0.717) is 14.4 Å². The number of halogens is 2. The first-order chi connectivity index (χ1) is 13.2. The SMILES string of the molecule is O=C1CN(S(=O)(=O)c2ccc(Cl)cc2)C(=O)C(=Cc2cc(Cl)ccc2O)CN1.